The minimum Gasteiger partial charge on any atom is -0.356 e. The Hall–Kier alpha value is -2.59. The lowest BCUT2D eigenvalue weighted by molar-refractivity contribution is -0.118. The number of aliphatic imine (C=N–C) groups is 1. The molecule has 0 bridgehead atoms. The van der Waals surface area contributed by atoms with Crippen LogP contribution >= 0.6 is 22.9 Å². The van der Waals surface area contributed by atoms with Crippen LogP contribution in [0.25, 0.3) is 0 Å². The van der Waals surface area contributed by atoms with Crippen LogP contribution in [0.3, 0.4) is 0 Å². The molecule has 1 aromatic carbocycles. The van der Waals surface area contributed by atoms with E-state index in [-0.39, 0.29) is 12.5 Å². The Kier molecular flexibility index (Phi) is 10.4. The van der Waals surface area contributed by atoms with Crippen molar-refractivity contribution in [1.29, 1.82) is 10.8 Å². The second kappa shape index (κ2) is 13.3. The van der Waals surface area contributed by atoms with E-state index < -0.39 is 0 Å². The van der Waals surface area contributed by atoms with E-state index in [9.17, 15) is 4.79 Å². The molecule has 37 heavy (non-hydrogen) atoms. The molecule has 0 saturated carbocycles. The monoisotopic (exact) mass is 543 g/mol. The van der Waals surface area contributed by atoms with Crippen molar-refractivity contribution < 1.29 is 4.79 Å². The maximum absolute atomic E-state index is 10.6. The molecule has 2 aromatic rings. The average Bonchev–Trinajstić information content (AvgIpc) is 3.03. The molecule has 0 aliphatic carbocycles. The van der Waals surface area contributed by atoms with Gasteiger partial charge in [0.1, 0.15) is 16.7 Å². The third-order valence-corrected chi connectivity index (χ3v) is 7.98. The minimum atomic E-state index is 0.0726. The molecule has 1 fully saturated rings. The summed E-state index contributed by atoms with van der Waals surface area (Å²) in [6.45, 7) is 14.2. The van der Waals surface area contributed by atoms with Crippen molar-refractivity contribution in [2.75, 3.05) is 57.8 Å². The fourth-order valence-electron chi connectivity index (χ4n) is 4.31. The first-order valence-electron chi connectivity index (χ1n) is 12.6. The van der Waals surface area contributed by atoms with Crippen molar-refractivity contribution in [2.24, 2.45) is 4.99 Å². The summed E-state index contributed by atoms with van der Waals surface area (Å²) in [5, 5.41) is 20.7. The quantitative estimate of drug-likeness (QED) is 0.295. The highest BCUT2D eigenvalue weighted by Gasteiger charge is 2.29. The van der Waals surface area contributed by atoms with Crippen LogP contribution in [0.1, 0.15) is 41.8 Å². The first kappa shape index (κ1) is 29.0. The number of aryl methyl sites for hydroxylation is 1. The number of halogens is 1. The SMILES string of the molecule is CC(=N)N1C(=N)CN=C(c2ccc(Cl)cc2)c2c1sc(C)c2C.CC(=O)NCCCN1CCN(C)CC1. The molecule has 1 saturated heterocycles. The summed E-state index contributed by atoms with van der Waals surface area (Å²) in [7, 11) is 2.16. The van der Waals surface area contributed by atoms with Gasteiger partial charge in [-0.05, 0) is 58.5 Å². The Balaban J connectivity index is 0.000000233. The van der Waals surface area contributed by atoms with Crippen LogP contribution in [-0.2, 0) is 4.79 Å². The second-order valence-electron chi connectivity index (χ2n) is 9.48. The summed E-state index contributed by atoms with van der Waals surface area (Å²) >= 11 is 7.61. The molecular weight excluding hydrogens is 506 g/mol. The van der Waals surface area contributed by atoms with Gasteiger partial charge >= 0.3 is 0 Å². The standard InChI is InChI=1S/C17H17ClN4S.C10H21N3O/c1-9-10(2)23-17-15(9)16(12-4-6-13(18)7-5-12)21-8-14(20)22(17)11(3)19;1-10(14)11-4-3-5-13-8-6-12(2)7-9-13/h4-7,19-20H,8H2,1-3H3;3-9H2,1-2H3,(H,11,14). The predicted molar refractivity (Wildman–Crippen MR) is 157 cm³/mol. The lowest BCUT2D eigenvalue weighted by atomic mass is 10.00. The van der Waals surface area contributed by atoms with E-state index in [4.69, 9.17) is 22.4 Å². The number of carbonyl (C=O) groups excluding carboxylic acids is 1. The van der Waals surface area contributed by atoms with E-state index in [1.54, 1.807) is 30.1 Å². The molecule has 10 heteroatoms. The third kappa shape index (κ3) is 7.70. The van der Waals surface area contributed by atoms with Crippen molar-refractivity contribution in [2.45, 2.75) is 34.1 Å². The number of fused-ring (bicyclic) bond motifs is 1. The number of amides is 1. The maximum atomic E-state index is 10.6. The fraction of sp³-hybridized carbons (Fsp3) is 0.481. The maximum Gasteiger partial charge on any atom is 0.216 e. The van der Waals surface area contributed by atoms with E-state index in [2.05, 4.69) is 41.0 Å². The second-order valence-corrected chi connectivity index (χ2v) is 11.1. The molecule has 3 N–H and O–H groups in total. The number of rotatable bonds is 5. The zero-order valence-electron chi connectivity index (χ0n) is 22.4. The minimum absolute atomic E-state index is 0.0726. The molecular formula is C27H38ClN7OS. The molecule has 0 unspecified atom stereocenters. The number of hydrogen-bond donors (Lipinski definition) is 3. The topological polar surface area (TPSA) is 98.9 Å². The van der Waals surface area contributed by atoms with Crippen LogP contribution < -0.4 is 10.2 Å². The summed E-state index contributed by atoms with van der Waals surface area (Å²) in [5.74, 6) is 0.734. The number of likely N-dealkylation sites (N-methyl/N-ethyl adjacent to an activating group) is 1. The molecule has 8 nitrogen and oxygen atoms in total. The third-order valence-electron chi connectivity index (χ3n) is 6.54. The lowest BCUT2D eigenvalue weighted by Gasteiger charge is -2.32. The van der Waals surface area contributed by atoms with Crippen molar-refractivity contribution in [3.05, 3.63) is 50.9 Å². The Labute approximate surface area is 229 Å². The van der Waals surface area contributed by atoms with Crippen molar-refractivity contribution in [1.82, 2.24) is 15.1 Å². The molecule has 3 heterocycles. The summed E-state index contributed by atoms with van der Waals surface area (Å²) in [6.07, 6.45) is 1.06. The average molecular weight is 544 g/mol. The normalized spacial score (nSPS) is 16.3. The molecule has 1 amide bonds. The van der Waals surface area contributed by atoms with Gasteiger partial charge in [0, 0.05) is 60.7 Å². The van der Waals surface area contributed by atoms with E-state index in [0.717, 1.165) is 60.0 Å². The van der Waals surface area contributed by atoms with Crippen LogP contribution in [0.4, 0.5) is 5.00 Å². The van der Waals surface area contributed by atoms with Gasteiger partial charge in [0.25, 0.3) is 0 Å². The molecule has 0 atom stereocenters. The molecule has 200 valence electrons. The summed E-state index contributed by atoms with van der Waals surface area (Å²) in [4.78, 5) is 23.0. The predicted octanol–water partition coefficient (Wildman–Crippen LogP) is 4.41. The van der Waals surface area contributed by atoms with Crippen molar-refractivity contribution >= 4 is 51.2 Å². The van der Waals surface area contributed by atoms with Crippen LogP contribution in [0.5, 0.6) is 0 Å². The number of carbonyl (C=O) groups is 1. The number of amidine groups is 2. The van der Waals surface area contributed by atoms with Gasteiger partial charge in [0.2, 0.25) is 5.91 Å². The number of anilines is 1. The smallest absolute Gasteiger partial charge is 0.216 e. The molecule has 2 aliphatic rings. The Morgan fingerprint density at radius 3 is 2.38 bits per heavy atom. The van der Waals surface area contributed by atoms with Crippen molar-refractivity contribution in [3.8, 4) is 0 Å². The first-order chi connectivity index (χ1) is 17.6. The molecule has 1 aromatic heterocycles. The highest BCUT2D eigenvalue weighted by molar-refractivity contribution is 7.17. The summed E-state index contributed by atoms with van der Waals surface area (Å²) < 4.78 is 0. The van der Waals surface area contributed by atoms with Crippen molar-refractivity contribution in [3.63, 3.8) is 0 Å². The lowest BCUT2D eigenvalue weighted by Crippen LogP contribution is -2.45. The highest BCUT2D eigenvalue weighted by atomic mass is 35.5. The highest BCUT2D eigenvalue weighted by Crippen LogP contribution is 2.39. The van der Waals surface area contributed by atoms with Crippen LogP contribution in [0.15, 0.2) is 29.3 Å². The molecule has 0 spiro atoms. The van der Waals surface area contributed by atoms with E-state index in [1.165, 1.54) is 18.0 Å². The van der Waals surface area contributed by atoms with Crippen LogP contribution in [0, 0.1) is 24.7 Å². The van der Waals surface area contributed by atoms with Gasteiger partial charge in [-0.1, -0.05) is 23.7 Å². The molecule has 0 radical (unpaired) electrons. The zero-order chi connectivity index (χ0) is 27.1. The van der Waals surface area contributed by atoms with Gasteiger partial charge in [-0.25, -0.2) is 0 Å². The van der Waals surface area contributed by atoms with E-state index >= 15 is 0 Å². The van der Waals surface area contributed by atoms with Crippen LogP contribution in [-0.4, -0.2) is 86.0 Å². The summed E-state index contributed by atoms with van der Waals surface area (Å²) in [6, 6.07) is 7.61. The number of nitrogens with one attached hydrogen (secondary N) is 3. The fourth-order valence-corrected chi connectivity index (χ4v) is 5.67. The van der Waals surface area contributed by atoms with Gasteiger partial charge in [0.05, 0.1) is 12.3 Å². The van der Waals surface area contributed by atoms with Gasteiger partial charge < -0.3 is 15.1 Å². The number of thiophene rings is 1. The van der Waals surface area contributed by atoms with Crippen LogP contribution in [0.2, 0.25) is 5.02 Å². The van der Waals surface area contributed by atoms with Gasteiger partial charge in [0.15, 0.2) is 0 Å². The Morgan fingerprint density at radius 2 is 1.78 bits per heavy atom. The van der Waals surface area contributed by atoms with E-state index in [0.29, 0.717) is 16.7 Å². The number of piperazine rings is 1. The molecule has 2 aliphatic heterocycles. The van der Waals surface area contributed by atoms with Gasteiger partial charge in [-0.2, -0.15) is 0 Å². The Bertz CT molecular complexity index is 1150. The number of hydrogen-bond acceptors (Lipinski definition) is 7. The molecule has 4 rings (SSSR count). The van der Waals surface area contributed by atoms with Gasteiger partial charge in [-0.3, -0.25) is 25.5 Å². The Morgan fingerprint density at radius 1 is 1.14 bits per heavy atom. The number of benzene rings is 1. The zero-order valence-corrected chi connectivity index (χ0v) is 24.0. The number of nitrogens with zero attached hydrogens (tertiary/aromatic N) is 4. The summed E-state index contributed by atoms with van der Waals surface area (Å²) in [5.41, 5.74) is 4.02. The van der Waals surface area contributed by atoms with E-state index in [1.807, 2.05) is 24.3 Å². The largest absolute Gasteiger partial charge is 0.356 e. The van der Waals surface area contributed by atoms with Gasteiger partial charge in [-0.15, -0.1) is 11.3 Å². The first-order valence-corrected chi connectivity index (χ1v) is 13.8.